The molecule has 0 heterocycles. The Morgan fingerprint density at radius 2 is 2.18 bits per heavy atom. The van der Waals surface area contributed by atoms with Crippen LogP contribution in [-0.4, -0.2) is 25.7 Å². The van der Waals surface area contributed by atoms with Crippen LogP contribution in [0, 0.1) is 5.92 Å². The van der Waals surface area contributed by atoms with Crippen LogP contribution in [0.5, 0.6) is 0 Å². The molecule has 0 spiro atoms. The Morgan fingerprint density at radius 1 is 1.45 bits per heavy atom. The fourth-order valence-electron chi connectivity index (χ4n) is 1.40. The van der Waals surface area contributed by atoms with Crippen LogP contribution in [0.1, 0.15) is 26.7 Å². The third-order valence-corrected chi connectivity index (χ3v) is 2.80. The third kappa shape index (κ3) is 2.46. The van der Waals surface area contributed by atoms with E-state index in [2.05, 4.69) is 24.5 Å². The van der Waals surface area contributed by atoms with E-state index in [4.69, 9.17) is 0 Å². The zero-order valence-corrected chi connectivity index (χ0v) is 7.85. The molecule has 2 N–H and O–H groups in total. The highest BCUT2D eigenvalue weighted by Gasteiger charge is 2.25. The molecule has 3 atom stereocenters. The topological polar surface area (TPSA) is 24.1 Å². The Balaban J connectivity index is 2.02. The lowest BCUT2D eigenvalue weighted by Crippen LogP contribution is -2.47. The van der Waals surface area contributed by atoms with E-state index in [0.29, 0.717) is 6.04 Å². The van der Waals surface area contributed by atoms with Gasteiger partial charge < -0.3 is 10.6 Å². The standard InChI is InChI=1S/C9H20N2/c1-7-4-5-9(7)11-6-8(2)10-3/h7-11H,4-6H2,1-3H3/t7?,8-,9?/m0/s1. The van der Waals surface area contributed by atoms with E-state index >= 15 is 0 Å². The maximum atomic E-state index is 3.56. The second kappa shape index (κ2) is 4.07. The zero-order chi connectivity index (χ0) is 8.27. The van der Waals surface area contributed by atoms with Gasteiger partial charge in [0.15, 0.2) is 0 Å². The highest BCUT2D eigenvalue weighted by Crippen LogP contribution is 2.25. The molecular formula is C9H20N2. The maximum absolute atomic E-state index is 3.56. The van der Waals surface area contributed by atoms with Crippen LogP contribution in [-0.2, 0) is 0 Å². The second-order valence-corrected chi connectivity index (χ2v) is 3.76. The molecule has 1 aliphatic carbocycles. The first-order chi connectivity index (χ1) is 5.24. The summed E-state index contributed by atoms with van der Waals surface area (Å²) in [4.78, 5) is 0. The van der Waals surface area contributed by atoms with Gasteiger partial charge in [-0.25, -0.2) is 0 Å². The summed E-state index contributed by atoms with van der Waals surface area (Å²) in [7, 11) is 2.01. The van der Waals surface area contributed by atoms with Gasteiger partial charge in [0.25, 0.3) is 0 Å². The molecule has 0 amide bonds. The lowest BCUT2D eigenvalue weighted by atomic mass is 9.81. The Labute approximate surface area is 69.8 Å². The van der Waals surface area contributed by atoms with Crippen molar-refractivity contribution in [1.29, 1.82) is 0 Å². The molecule has 66 valence electrons. The van der Waals surface area contributed by atoms with Crippen molar-refractivity contribution in [2.45, 2.75) is 38.8 Å². The predicted molar refractivity (Wildman–Crippen MR) is 48.7 cm³/mol. The summed E-state index contributed by atoms with van der Waals surface area (Å²) in [6, 6.07) is 1.40. The van der Waals surface area contributed by atoms with Gasteiger partial charge in [0.2, 0.25) is 0 Å². The van der Waals surface area contributed by atoms with E-state index in [0.717, 1.165) is 18.5 Å². The predicted octanol–water partition coefficient (Wildman–Crippen LogP) is 0.982. The van der Waals surface area contributed by atoms with Crippen molar-refractivity contribution in [3.63, 3.8) is 0 Å². The minimum atomic E-state index is 0.600. The van der Waals surface area contributed by atoms with E-state index in [9.17, 15) is 0 Å². The molecule has 0 bridgehead atoms. The van der Waals surface area contributed by atoms with Crippen LogP contribution in [0.4, 0.5) is 0 Å². The monoisotopic (exact) mass is 156 g/mol. The van der Waals surface area contributed by atoms with Crippen molar-refractivity contribution in [3.8, 4) is 0 Å². The number of hydrogen-bond donors (Lipinski definition) is 2. The number of hydrogen-bond acceptors (Lipinski definition) is 2. The number of likely N-dealkylation sites (N-methyl/N-ethyl adjacent to an activating group) is 1. The van der Waals surface area contributed by atoms with Crippen molar-refractivity contribution in [3.05, 3.63) is 0 Å². The van der Waals surface area contributed by atoms with Gasteiger partial charge in [-0.15, -0.1) is 0 Å². The molecule has 1 saturated carbocycles. The molecule has 0 aromatic heterocycles. The van der Waals surface area contributed by atoms with Crippen molar-refractivity contribution < 1.29 is 0 Å². The minimum absolute atomic E-state index is 0.600. The van der Waals surface area contributed by atoms with Gasteiger partial charge in [0.1, 0.15) is 0 Å². The fourth-order valence-corrected chi connectivity index (χ4v) is 1.40. The van der Waals surface area contributed by atoms with Gasteiger partial charge in [0.05, 0.1) is 0 Å². The van der Waals surface area contributed by atoms with Crippen LogP contribution in [0.2, 0.25) is 0 Å². The lowest BCUT2D eigenvalue weighted by Gasteiger charge is -2.35. The summed E-state index contributed by atoms with van der Waals surface area (Å²) in [6.45, 7) is 5.63. The van der Waals surface area contributed by atoms with E-state index in [1.807, 2.05) is 7.05 Å². The SMILES string of the molecule is CN[C@@H](C)CNC1CCC1C. The van der Waals surface area contributed by atoms with Gasteiger partial charge in [-0.05, 0) is 32.7 Å². The molecule has 0 aromatic carbocycles. The molecule has 2 unspecified atom stereocenters. The Morgan fingerprint density at radius 3 is 2.55 bits per heavy atom. The third-order valence-electron chi connectivity index (χ3n) is 2.80. The van der Waals surface area contributed by atoms with Crippen molar-refractivity contribution in [1.82, 2.24) is 10.6 Å². The molecule has 1 rings (SSSR count). The van der Waals surface area contributed by atoms with Crippen LogP contribution >= 0.6 is 0 Å². The molecule has 2 nitrogen and oxygen atoms in total. The summed E-state index contributed by atoms with van der Waals surface area (Å²) in [5.41, 5.74) is 0. The normalized spacial score (nSPS) is 33.0. The zero-order valence-electron chi connectivity index (χ0n) is 7.85. The van der Waals surface area contributed by atoms with E-state index in [-0.39, 0.29) is 0 Å². The van der Waals surface area contributed by atoms with Crippen molar-refractivity contribution in [2.24, 2.45) is 5.92 Å². The lowest BCUT2D eigenvalue weighted by molar-refractivity contribution is 0.225. The summed E-state index contributed by atoms with van der Waals surface area (Å²) < 4.78 is 0. The molecule has 2 heteroatoms. The fraction of sp³-hybridized carbons (Fsp3) is 1.00. The molecule has 1 fully saturated rings. The molecule has 11 heavy (non-hydrogen) atoms. The van der Waals surface area contributed by atoms with Crippen LogP contribution in [0.3, 0.4) is 0 Å². The van der Waals surface area contributed by atoms with Gasteiger partial charge in [-0.3, -0.25) is 0 Å². The molecule has 1 aliphatic rings. The molecule has 0 radical (unpaired) electrons. The smallest absolute Gasteiger partial charge is 0.0161 e. The van der Waals surface area contributed by atoms with Crippen molar-refractivity contribution >= 4 is 0 Å². The second-order valence-electron chi connectivity index (χ2n) is 3.76. The van der Waals surface area contributed by atoms with Gasteiger partial charge in [-0.1, -0.05) is 6.92 Å². The Hall–Kier alpha value is -0.0800. The minimum Gasteiger partial charge on any atom is -0.316 e. The van der Waals surface area contributed by atoms with Gasteiger partial charge in [-0.2, -0.15) is 0 Å². The highest BCUT2D eigenvalue weighted by atomic mass is 15.0. The summed E-state index contributed by atoms with van der Waals surface area (Å²) >= 11 is 0. The van der Waals surface area contributed by atoms with Gasteiger partial charge >= 0.3 is 0 Å². The van der Waals surface area contributed by atoms with Crippen molar-refractivity contribution in [2.75, 3.05) is 13.6 Å². The van der Waals surface area contributed by atoms with E-state index in [1.165, 1.54) is 12.8 Å². The largest absolute Gasteiger partial charge is 0.316 e. The molecular weight excluding hydrogens is 136 g/mol. The first kappa shape index (κ1) is 9.01. The average molecular weight is 156 g/mol. The highest BCUT2D eigenvalue weighted by molar-refractivity contribution is 4.84. The Bertz CT molecular complexity index is 114. The van der Waals surface area contributed by atoms with Crippen LogP contribution in [0.15, 0.2) is 0 Å². The van der Waals surface area contributed by atoms with E-state index < -0.39 is 0 Å². The van der Waals surface area contributed by atoms with Gasteiger partial charge in [0, 0.05) is 18.6 Å². The average Bonchev–Trinajstić information content (AvgIpc) is 2.01. The summed E-state index contributed by atoms with van der Waals surface area (Å²) in [5.74, 6) is 0.902. The van der Waals surface area contributed by atoms with E-state index in [1.54, 1.807) is 0 Å². The van der Waals surface area contributed by atoms with Crippen LogP contribution in [0.25, 0.3) is 0 Å². The first-order valence-electron chi connectivity index (χ1n) is 4.64. The molecule has 0 aliphatic heterocycles. The van der Waals surface area contributed by atoms with Crippen LogP contribution < -0.4 is 10.6 Å². The maximum Gasteiger partial charge on any atom is 0.0161 e. The Kier molecular flexibility index (Phi) is 3.34. The number of rotatable bonds is 4. The summed E-state index contributed by atoms with van der Waals surface area (Å²) in [5, 5.41) is 6.78. The number of nitrogens with one attached hydrogen (secondary N) is 2. The quantitative estimate of drug-likeness (QED) is 0.634. The molecule has 0 saturated heterocycles. The first-order valence-corrected chi connectivity index (χ1v) is 4.64. The summed E-state index contributed by atoms with van der Waals surface area (Å²) in [6.07, 6.45) is 2.78. The molecule has 0 aromatic rings.